The van der Waals surface area contributed by atoms with Crippen molar-refractivity contribution in [1.82, 2.24) is 5.32 Å². The monoisotopic (exact) mass is 585 g/mol. The lowest BCUT2D eigenvalue weighted by atomic mass is 10.1. The Morgan fingerprint density at radius 3 is 1.60 bits per heavy atom. The van der Waals surface area contributed by atoms with Gasteiger partial charge in [-0.2, -0.15) is 12.6 Å². The van der Waals surface area contributed by atoms with Crippen LogP contribution in [0.1, 0.15) is 63.4 Å². The number of nitrogens with one attached hydrogen (secondary N) is 1. The highest BCUT2D eigenvalue weighted by Crippen LogP contribution is 2.10. The molecule has 0 bridgehead atoms. The third kappa shape index (κ3) is 23.1. The summed E-state index contributed by atoms with van der Waals surface area (Å²) in [5.74, 6) is -0.554. The van der Waals surface area contributed by atoms with E-state index in [-0.39, 0.29) is 19.6 Å². The lowest BCUT2D eigenvalue weighted by molar-refractivity contribution is -0.142. The van der Waals surface area contributed by atoms with E-state index < -0.39 is 17.9 Å². The minimum Gasteiger partial charge on any atom is -0.480 e. The Labute approximate surface area is 246 Å². The smallest absolute Gasteiger partial charge is 0.326 e. The quantitative estimate of drug-likeness (QED) is 0.0942. The molecular weight excluding hydrogens is 534 g/mol. The van der Waals surface area contributed by atoms with Crippen LogP contribution in [0.3, 0.4) is 0 Å². The maximum atomic E-state index is 12.0. The molecule has 0 spiro atoms. The van der Waals surface area contributed by atoms with Crippen LogP contribution in [0.15, 0.2) is 30.3 Å². The highest BCUT2D eigenvalue weighted by atomic mass is 32.1. The van der Waals surface area contributed by atoms with Crippen LogP contribution in [0.2, 0.25) is 0 Å². The topological polar surface area (TPSA) is 113 Å². The largest absolute Gasteiger partial charge is 0.480 e. The van der Waals surface area contributed by atoms with E-state index in [9.17, 15) is 14.7 Å². The van der Waals surface area contributed by atoms with Crippen molar-refractivity contribution in [2.24, 2.45) is 0 Å². The zero-order valence-electron chi connectivity index (χ0n) is 24.1. The maximum Gasteiger partial charge on any atom is 0.326 e. The van der Waals surface area contributed by atoms with Crippen LogP contribution < -0.4 is 5.32 Å². The van der Waals surface area contributed by atoms with Crippen molar-refractivity contribution in [3.63, 3.8) is 0 Å². The lowest BCUT2D eigenvalue weighted by Crippen LogP contribution is -2.44. The number of unbranched alkanes of at least 4 members (excludes halogenated alkanes) is 8. The van der Waals surface area contributed by atoms with E-state index in [1.807, 2.05) is 30.3 Å². The van der Waals surface area contributed by atoms with Gasteiger partial charge in [-0.25, -0.2) is 4.79 Å². The number of carbonyl (C=O) groups excluding carboxylic acids is 1. The Bertz CT molecular complexity index is 725. The molecule has 1 rings (SSSR count). The van der Waals surface area contributed by atoms with Crippen LogP contribution >= 0.6 is 12.6 Å². The number of carbonyl (C=O) groups is 2. The highest BCUT2D eigenvalue weighted by molar-refractivity contribution is 7.80. The third-order valence-corrected chi connectivity index (χ3v) is 6.40. The molecule has 0 heterocycles. The van der Waals surface area contributed by atoms with E-state index in [0.717, 1.165) is 24.3 Å². The minimum absolute atomic E-state index is 0.210. The number of aliphatic carboxylic acids is 1. The second-order valence-electron chi connectivity index (χ2n) is 9.56. The summed E-state index contributed by atoms with van der Waals surface area (Å²) < 4.78 is 27.2. The number of carboxylic acid groups (broad SMARTS) is 1. The van der Waals surface area contributed by atoms with Gasteiger partial charge in [0.2, 0.25) is 5.91 Å². The molecule has 9 nitrogen and oxygen atoms in total. The maximum absolute atomic E-state index is 12.0. The molecule has 40 heavy (non-hydrogen) atoms. The van der Waals surface area contributed by atoms with Crippen molar-refractivity contribution in [3.05, 3.63) is 35.9 Å². The molecule has 1 atom stereocenters. The van der Waals surface area contributed by atoms with Gasteiger partial charge in [0.15, 0.2) is 0 Å². The fourth-order valence-corrected chi connectivity index (χ4v) is 4.11. The Balaban J connectivity index is 1.79. The zero-order chi connectivity index (χ0) is 28.9. The number of rotatable bonds is 29. The average molecular weight is 586 g/mol. The van der Waals surface area contributed by atoms with Crippen LogP contribution in [0, 0.1) is 0 Å². The second kappa shape index (κ2) is 27.5. The molecule has 0 aliphatic heterocycles. The van der Waals surface area contributed by atoms with Gasteiger partial charge < -0.3 is 34.1 Å². The molecule has 0 aliphatic carbocycles. The molecule has 1 amide bonds. The molecule has 230 valence electrons. The molecule has 0 saturated heterocycles. The van der Waals surface area contributed by atoms with Crippen molar-refractivity contribution in [3.8, 4) is 0 Å². The summed E-state index contributed by atoms with van der Waals surface area (Å²) in [6, 6.07) is 8.14. The van der Waals surface area contributed by atoms with Gasteiger partial charge in [-0.1, -0.05) is 75.3 Å². The predicted molar refractivity (Wildman–Crippen MR) is 159 cm³/mol. The van der Waals surface area contributed by atoms with Gasteiger partial charge >= 0.3 is 5.97 Å². The summed E-state index contributed by atoms with van der Waals surface area (Å²) in [5, 5.41) is 11.8. The number of hydrogen-bond acceptors (Lipinski definition) is 8. The van der Waals surface area contributed by atoms with Gasteiger partial charge in [0, 0.05) is 13.0 Å². The van der Waals surface area contributed by atoms with Gasteiger partial charge in [-0.15, -0.1) is 0 Å². The first-order valence-corrected chi connectivity index (χ1v) is 15.3. The van der Waals surface area contributed by atoms with Crippen LogP contribution in [0.5, 0.6) is 0 Å². The van der Waals surface area contributed by atoms with E-state index in [1.54, 1.807) is 0 Å². The fraction of sp³-hybridized carbons (Fsp3) is 0.733. The number of thiol groups is 1. The highest BCUT2D eigenvalue weighted by Gasteiger charge is 2.20. The first kappa shape index (κ1) is 36.3. The van der Waals surface area contributed by atoms with Crippen LogP contribution in [-0.2, 0) is 39.7 Å². The Kier molecular flexibility index (Phi) is 25.0. The summed E-state index contributed by atoms with van der Waals surface area (Å²) in [5.41, 5.74) is 0.834. The van der Waals surface area contributed by atoms with Gasteiger partial charge in [0.1, 0.15) is 12.6 Å². The first-order chi connectivity index (χ1) is 19.6. The van der Waals surface area contributed by atoms with Crippen LogP contribution in [0.4, 0.5) is 0 Å². The third-order valence-electron chi connectivity index (χ3n) is 6.08. The molecule has 0 fully saturated rings. The van der Waals surface area contributed by atoms with Gasteiger partial charge in [0.25, 0.3) is 0 Å². The van der Waals surface area contributed by atoms with Crippen molar-refractivity contribution >= 4 is 24.5 Å². The van der Waals surface area contributed by atoms with E-state index in [2.05, 4.69) is 17.9 Å². The normalized spacial score (nSPS) is 11.9. The Morgan fingerprint density at radius 2 is 1.10 bits per heavy atom. The van der Waals surface area contributed by atoms with Crippen LogP contribution in [0.25, 0.3) is 0 Å². The van der Waals surface area contributed by atoms with E-state index in [1.165, 1.54) is 51.4 Å². The standard InChI is InChI=1S/C30H51NO8S/c32-29(31-28(30(33)34)25-27-13-9-8-10-14-27)26-39-23-22-38-21-20-37-19-18-36-17-16-35-15-11-6-4-2-1-3-5-7-12-24-40/h8-10,13-14,28,40H,1-7,11-12,15-26H2,(H,31,32)(H,33,34)/t28-/m0/s1. The van der Waals surface area contributed by atoms with Crippen LogP contribution in [-0.4, -0.2) is 94.8 Å². The average Bonchev–Trinajstić information content (AvgIpc) is 2.95. The van der Waals surface area contributed by atoms with Gasteiger partial charge in [-0.3, -0.25) is 4.79 Å². The zero-order valence-corrected chi connectivity index (χ0v) is 25.0. The van der Waals surface area contributed by atoms with Crippen molar-refractivity contribution in [2.75, 3.05) is 71.8 Å². The molecule has 1 aromatic rings. The predicted octanol–water partition coefficient (Wildman–Crippen LogP) is 4.32. The molecule has 0 aromatic heterocycles. The molecule has 0 aliphatic rings. The summed E-state index contributed by atoms with van der Waals surface area (Å²) in [6.45, 7) is 4.13. The van der Waals surface area contributed by atoms with Gasteiger partial charge in [-0.05, 0) is 24.2 Å². The summed E-state index contributed by atoms with van der Waals surface area (Å²) in [4.78, 5) is 23.4. The van der Waals surface area contributed by atoms with E-state index in [4.69, 9.17) is 23.7 Å². The van der Waals surface area contributed by atoms with Crippen molar-refractivity contribution in [1.29, 1.82) is 0 Å². The number of carboxylic acids is 1. The number of ether oxygens (including phenoxy) is 5. The van der Waals surface area contributed by atoms with E-state index >= 15 is 0 Å². The summed E-state index contributed by atoms with van der Waals surface area (Å²) in [6.07, 6.45) is 11.8. The van der Waals surface area contributed by atoms with Crippen molar-refractivity contribution < 1.29 is 38.4 Å². The molecule has 10 heteroatoms. The molecule has 0 saturated carbocycles. The summed E-state index contributed by atoms with van der Waals surface area (Å²) >= 11 is 4.24. The van der Waals surface area contributed by atoms with Crippen molar-refractivity contribution in [2.45, 2.75) is 70.3 Å². The number of amides is 1. The molecule has 0 radical (unpaired) electrons. The minimum atomic E-state index is -1.09. The molecular formula is C30H51NO8S. The lowest BCUT2D eigenvalue weighted by Gasteiger charge is -2.14. The second-order valence-corrected chi connectivity index (χ2v) is 10.0. The molecule has 0 unspecified atom stereocenters. The van der Waals surface area contributed by atoms with E-state index in [0.29, 0.717) is 46.2 Å². The Morgan fingerprint density at radius 1 is 0.650 bits per heavy atom. The summed E-state index contributed by atoms with van der Waals surface area (Å²) in [7, 11) is 0. The molecule has 2 N–H and O–H groups in total. The Hall–Kier alpha value is -1.69. The number of hydrogen-bond donors (Lipinski definition) is 3. The number of benzene rings is 1. The SMILES string of the molecule is O=C(COCCOCCOCCOCCOCCCCCCCCCCCS)N[C@@H](Cc1ccccc1)C(=O)O. The molecule has 1 aromatic carbocycles. The fourth-order valence-electron chi connectivity index (χ4n) is 3.88. The van der Waals surface area contributed by atoms with Gasteiger partial charge in [0.05, 0.1) is 52.9 Å². The first-order valence-electron chi connectivity index (χ1n) is 14.7.